The molecular formula is C21H21F2N5O4. The van der Waals surface area contributed by atoms with E-state index in [-0.39, 0.29) is 0 Å². The predicted molar refractivity (Wildman–Crippen MR) is 109 cm³/mol. The zero-order valence-electron chi connectivity index (χ0n) is 17.1. The number of carbonyl (C=O) groups excluding carboxylic acids is 3. The van der Waals surface area contributed by atoms with Crippen LogP contribution in [0.5, 0.6) is 5.75 Å². The SMILES string of the molecule is COc1ccc(C(N)=O)cc1.N#CC1CC(F)(F)CN1C(=O)CNC(=O)c1ccncc1. The predicted octanol–water partition coefficient (Wildman–Crippen LogP) is 1.37. The number of carbonyl (C=O) groups is 3. The molecule has 1 aromatic carbocycles. The zero-order valence-corrected chi connectivity index (χ0v) is 17.1. The maximum atomic E-state index is 13.2. The van der Waals surface area contributed by atoms with Gasteiger partial charge in [0.2, 0.25) is 11.8 Å². The van der Waals surface area contributed by atoms with Gasteiger partial charge in [-0.25, -0.2) is 8.78 Å². The largest absolute Gasteiger partial charge is 0.497 e. The fourth-order valence-corrected chi connectivity index (χ4v) is 2.81. The number of pyridine rings is 1. The number of primary amides is 1. The third-order valence-corrected chi connectivity index (χ3v) is 4.46. The number of nitrogens with one attached hydrogen (secondary N) is 1. The molecule has 0 saturated carbocycles. The molecule has 11 heteroatoms. The lowest BCUT2D eigenvalue weighted by molar-refractivity contribution is -0.131. The van der Waals surface area contributed by atoms with Gasteiger partial charge in [0.15, 0.2) is 0 Å². The maximum Gasteiger partial charge on any atom is 0.268 e. The second-order valence-corrected chi connectivity index (χ2v) is 6.74. The van der Waals surface area contributed by atoms with Crippen LogP contribution >= 0.6 is 0 Å². The summed E-state index contributed by atoms with van der Waals surface area (Å²) in [5, 5.41) is 11.1. The van der Waals surface area contributed by atoms with Crippen LogP contribution in [0, 0.1) is 11.3 Å². The number of alkyl halides is 2. The van der Waals surface area contributed by atoms with Crippen LogP contribution in [0.2, 0.25) is 0 Å². The Morgan fingerprint density at radius 2 is 1.84 bits per heavy atom. The average molecular weight is 445 g/mol. The standard InChI is InChI=1S/C13H12F2N4O2.C8H9NO2/c14-13(15)5-10(6-16)19(8-13)11(20)7-18-12(21)9-1-3-17-4-2-9;1-11-7-4-2-6(3-5-7)8(9)10/h1-4,10H,5,7-8H2,(H,18,21);2-5H,1H3,(H2,9,10). The van der Waals surface area contributed by atoms with E-state index in [1.807, 2.05) is 0 Å². The normalized spacial score (nSPS) is 16.2. The van der Waals surface area contributed by atoms with Gasteiger partial charge in [-0.15, -0.1) is 0 Å². The van der Waals surface area contributed by atoms with Crippen LogP contribution in [0.1, 0.15) is 27.1 Å². The Kier molecular flexibility index (Phi) is 8.17. The van der Waals surface area contributed by atoms with Crippen LogP contribution in [0.15, 0.2) is 48.8 Å². The average Bonchev–Trinajstić information content (AvgIpc) is 3.13. The Hall–Kier alpha value is -4.07. The summed E-state index contributed by atoms with van der Waals surface area (Å²) < 4.78 is 31.3. The second kappa shape index (κ2) is 10.8. The van der Waals surface area contributed by atoms with Crippen molar-refractivity contribution in [1.29, 1.82) is 5.26 Å². The number of likely N-dealkylation sites (tertiary alicyclic amines) is 1. The minimum absolute atomic E-state index is 0.307. The molecule has 3 amide bonds. The van der Waals surface area contributed by atoms with E-state index in [2.05, 4.69) is 10.3 Å². The Labute approximate surface area is 182 Å². The minimum Gasteiger partial charge on any atom is -0.497 e. The summed E-state index contributed by atoms with van der Waals surface area (Å²) in [5.41, 5.74) is 5.82. The van der Waals surface area contributed by atoms with Crippen molar-refractivity contribution < 1.29 is 27.9 Å². The topological polar surface area (TPSA) is 138 Å². The van der Waals surface area contributed by atoms with Gasteiger partial charge in [0.1, 0.15) is 11.8 Å². The fraction of sp³-hybridized carbons (Fsp3) is 0.286. The number of halogens is 2. The molecule has 3 N–H and O–H groups in total. The van der Waals surface area contributed by atoms with Gasteiger partial charge in [0, 0.05) is 29.9 Å². The Balaban J connectivity index is 0.000000278. The van der Waals surface area contributed by atoms with Crippen molar-refractivity contribution in [2.75, 3.05) is 20.2 Å². The molecule has 32 heavy (non-hydrogen) atoms. The summed E-state index contributed by atoms with van der Waals surface area (Å²) in [4.78, 5) is 38.7. The first-order chi connectivity index (χ1) is 15.2. The number of nitrogens with zero attached hydrogens (tertiary/aromatic N) is 3. The molecule has 9 nitrogen and oxygen atoms in total. The molecule has 1 saturated heterocycles. The van der Waals surface area contributed by atoms with E-state index in [0.717, 1.165) is 10.6 Å². The van der Waals surface area contributed by atoms with Crippen molar-refractivity contribution in [2.45, 2.75) is 18.4 Å². The lowest BCUT2D eigenvalue weighted by Crippen LogP contribution is -2.42. The van der Waals surface area contributed by atoms with Gasteiger partial charge < -0.3 is 20.7 Å². The molecule has 1 aromatic heterocycles. The number of ether oxygens (including phenoxy) is 1. The molecule has 1 aliphatic heterocycles. The molecule has 1 fully saturated rings. The first-order valence-electron chi connectivity index (χ1n) is 9.36. The summed E-state index contributed by atoms with van der Waals surface area (Å²) in [6.07, 6.45) is 2.17. The van der Waals surface area contributed by atoms with E-state index < -0.39 is 49.2 Å². The van der Waals surface area contributed by atoms with Crippen molar-refractivity contribution in [2.24, 2.45) is 5.73 Å². The first-order valence-corrected chi connectivity index (χ1v) is 9.36. The summed E-state index contributed by atoms with van der Waals surface area (Å²) in [6, 6.07) is 10.1. The van der Waals surface area contributed by atoms with Gasteiger partial charge >= 0.3 is 0 Å². The molecule has 0 spiro atoms. The highest BCUT2D eigenvalue weighted by atomic mass is 19.3. The number of nitrogens with two attached hydrogens (primary N) is 1. The lowest BCUT2D eigenvalue weighted by atomic mass is 10.2. The third-order valence-electron chi connectivity index (χ3n) is 4.46. The first kappa shape index (κ1) is 24.2. The zero-order chi connectivity index (χ0) is 23.7. The van der Waals surface area contributed by atoms with Gasteiger partial charge in [0.25, 0.3) is 11.8 Å². The number of nitriles is 1. The maximum absolute atomic E-state index is 13.2. The van der Waals surface area contributed by atoms with Crippen molar-refractivity contribution in [3.8, 4) is 11.8 Å². The minimum atomic E-state index is -3.06. The number of rotatable bonds is 5. The van der Waals surface area contributed by atoms with Gasteiger partial charge in [-0.2, -0.15) is 5.26 Å². The Morgan fingerprint density at radius 1 is 1.22 bits per heavy atom. The molecule has 1 aliphatic rings. The molecule has 0 aliphatic carbocycles. The van der Waals surface area contributed by atoms with Gasteiger partial charge in [-0.3, -0.25) is 19.4 Å². The van der Waals surface area contributed by atoms with Crippen LogP contribution in [-0.2, 0) is 4.79 Å². The lowest BCUT2D eigenvalue weighted by Gasteiger charge is -2.19. The summed E-state index contributed by atoms with van der Waals surface area (Å²) in [6.45, 7) is -1.23. The monoisotopic (exact) mass is 445 g/mol. The fourth-order valence-electron chi connectivity index (χ4n) is 2.81. The number of hydrogen-bond donors (Lipinski definition) is 2. The third kappa shape index (κ3) is 6.73. The van der Waals surface area contributed by atoms with Crippen LogP contribution in [0.3, 0.4) is 0 Å². The number of aromatic nitrogens is 1. The number of methoxy groups -OCH3 is 1. The molecule has 2 heterocycles. The molecular weight excluding hydrogens is 424 g/mol. The summed E-state index contributed by atoms with van der Waals surface area (Å²) in [7, 11) is 1.57. The Bertz CT molecular complexity index is 993. The second-order valence-electron chi connectivity index (χ2n) is 6.74. The smallest absolute Gasteiger partial charge is 0.268 e. The van der Waals surface area contributed by atoms with E-state index >= 15 is 0 Å². The van der Waals surface area contributed by atoms with Gasteiger partial charge in [0.05, 0.1) is 26.3 Å². The van der Waals surface area contributed by atoms with Gasteiger partial charge in [-0.1, -0.05) is 0 Å². The molecule has 3 rings (SSSR count). The van der Waals surface area contributed by atoms with Crippen LogP contribution in [0.4, 0.5) is 8.78 Å². The number of benzene rings is 1. The van der Waals surface area contributed by atoms with Crippen molar-refractivity contribution >= 4 is 17.7 Å². The van der Waals surface area contributed by atoms with E-state index in [1.165, 1.54) is 24.5 Å². The van der Waals surface area contributed by atoms with Crippen LogP contribution in [-0.4, -0.2) is 59.8 Å². The number of amides is 3. The van der Waals surface area contributed by atoms with E-state index in [1.54, 1.807) is 37.4 Å². The van der Waals surface area contributed by atoms with Crippen LogP contribution in [0.25, 0.3) is 0 Å². The quantitative estimate of drug-likeness (QED) is 0.713. The van der Waals surface area contributed by atoms with Crippen molar-refractivity contribution in [3.05, 3.63) is 59.9 Å². The molecule has 0 radical (unpaired) electrons. The molecule has 1 atom stereocenters. The highest BCUT2D eigenvalue weighted by Crippen LogP contribution is 2.31. The van der Waals surface area contributed by atoms with Crippen LogP contribution < -0.4 is 15.8 Å². The van der Waals surface area contributed by atoms with Gasteiger partial charge in [-0.05, 0) is 36.4 Å². The van der Waals surface area contributed by atoms with Crippen molar-refractivity contribution in [1.82, 2.24) is 15.2 Å². The molecule has 2 aromatic rings. The Morgan fingerprint density at radius 3 is 2.38 bits per heavy atom. The molecule has 1 unspecified atom stereocenters. The van der Waals surface area contributed by atoms with Crippen molar-refractivity contribution in [3.63, 3.8) is 0 Å². The number of hydrogen-bond acceptors (Lipinski definition) is 6. The summed E-state index contributed by atoms with van der Waals surface area (Å²) in [5.74, 6) is -3.99. The highest BCUT2D eigenvalue weighted by molar-refractivity contribution is 5.96. The van der Waals surface area contributed by atoms with E-state index in [0.29, 0.717) is 11.1 Å². The summed E-state index contributed by atoms with van der Waals surface area (Å²) >= 11 is 0. The molecule has 0 bridgehead atoms. The highest BCUT2D eigenvalue weighted by Gasteiger charge is 2.47. The van der Waals surface area contributed by atoms with E-state index in [9.17, 15) is 23.2 Å². The van der Waals surface area contributed by atoms with E-state index in [4.69, 9.17) is 15.7 Å². The molecule has 168 valence electrons.